The molecule has 1 aromatic heterocycles. The van der Waals surface area contributed by atoms with Crippen LogP contribution >= 0.6 is 11.3 Å². The molecule has 0 aliphatic carbocycles. The summed E-state index contributed by atoms with van der Waals surface area (Å²) < 4.78 is 0. The maximum Gasteiger partial charge on any atom is 0.279 e. The molecule has 66 valence electrons. The molecule has 1 amide bonds. The lowest BCUT2D eigenvalue weighted by molar-refractivity contribution is 0.0999. The minimum Gasteiger partial charge on any atom is -0.363 e. The van der Waals surface area contributed by atoms with E-state index in [9.17, 15) is 4.79 Å². The van der Waals surface area contributed by atoms with Gasteiger partial charge in [-0.1, -0.05) is 18.3 Å². The van der Waals surface area contributed by atoms with Crippen LogP contribution in [0, 0.1) is 0 Å². The van der Waals surface area contributed by atoms with Crippen LogP contribution in [0.25, 0.3) is 0 Å². The number of nitrogens with zero attached hydrogens (tertiary/aromatic N) is 2. The molecule has 5 nitrogen and oxygen atoms in total. The molecular formula is C6H10N4OS. The summed E-state index contributed by atoms with van der Waals surface area (Å²) in [6.07, 6.45) is 1.01. The summed E-state index contributed by atoms with van der Waals surface area (Å²) in [5.74, 6) is -0.531. The SMILES string of the molecule is CCCNc1nnc(C(N)=O)s1. The highest BCUT2D eigenvalue weighted by atomic mass is 32.1. The molecular weight excluding hydrogens is 176 g/mol. The Kier molecular flexibility index (Phi) is 2.98. The Morgan fingerprint density at radius 3 is 2.92 bits per heavy atom. The maximum absolute atomic E-state index is 10.6. The molecule has 12 heavy (non-hydrogen) atoms. The highest BCUT2D eigenvalue weighted by molar-refractivity contribution is 7.17. The lowest BCUT2D eigenvalue weighted by Gasteiger charge is -1.94. The Labute approximate surface area is 74.0 Å². The Bertz CT molecular complexity index is 272. The van der Waals surface area contributed by atoms with Crippen molar-refractivity contribution in [3.63, 3.8) is 0 Å². The lowest BCUT2D eigenvalue weighted by Crippen LogP contribution is -2.10. The smallest absolute Gasteiger partial charge is 0.279 e. The van der Waals surface area contributed by atoms with Crippen molar-refractivity contribution in [3.05, 3.63) is 5.01 Å². The molecule has 1 heterocycles. The van der Waals surface area contributed by atoms with Gasteiger partial charge < -0.3 is 11.1 Å². The molecule has 6 heteroatoms. The number of nitrogens with two attached hydrogens (primary N) is 1. The molecule has 0 radical (unpaired) electrons. The van der Waals surface area contributed by atoms with Crippen molar-refractivity contribution in [2.45, 2.75) is 13.3 Å². The molecule has 1 aromatic rings. The molecule has 0 aromatic carbocycles. The Morgan fingerprint density at radius 2 is 2.42 bits per heavy atom. The first-order valence-electron chi connectivity index (χ1n) is 3.61. The molecule has 0 unspecified atom stereocenters. The van der Waals surface area contributed by atoms with Crippen LogP contribution < -0.4 is 11.1 Å². The predicted molar refractivity (Wildman–Crippen MR) is 47.2 cm³/mol. The van der Waals surface area contributed by atoms with Gasteiger partial charge in [0.25, 0.3) is 5.91 Å². The predicted octanol–water partition coefficient (Wildman–Crippen LogP) is 0.459. The van der Waals surface area contributed by atoms with Gasteiger partial charge in [-0.3, -0.25) is 4.79 Å². The number of carbonyl (C=O) groups excluding carboxylic acids is 1. The van der Waals surface area contributed by atoms with E-state index in [1.54, 1.807) is 0 Å². The summed E-state index contributed by atoms with van der Waals surface area (Å²) in [7, 11) is 0. The molecule has 0 aliphatic heterocycles. The maximum atomic E-state index is 10.6. The van der Waals surface area contributed by atoms with Gasteiger partial charge in [0.2, 0.25) is 10.1 Å². The van der Waals surface area contributed by atoms with Crippen molar-refractivity contribution in [3.8, 4) is 0 Å². The monoisotopic (exact) mass is 186 g/mol. The second-order valence-electron chi connectivity index (χ2n) is 2.20. The quantitative estimate of drug-likeness (QED) is 0.715. The number of amides is 1. The zero-order valence-corrected chi connectivity index (χ0v) is 7.52. The first-order chi connectivity index (χ1) is 5.74. The van der Waals surface area contributed by atoms with Crippen LogP contribution in [0.5, 0.6) is 0 Å². The second-order valence-corrected chi connectivity index (χ2v) is 3.18. The Hall–Kier alpha value is -1.17. The number of nitrogens with one attached hydrogen (secondary N) is 1. The van der Waals surface area contributed by atoms with Crippen LogP contribution in [0.2, 0.25) is 0 Å². The molecule has 0 atom stereocenters. The number of anilines is 1. The van der Waals surface area contributed by atoms with Crippen LogP contribution in [0.1, 0.15) is 23.1 Å². The van der Waals surface area contributed by atoms with Crippen molar-refractivity contribution >= 4 is 22.4 Å². The lowest BCUT2D eigenvalue weighted by atomic mass is 10.5. The van der Waals surface area contributed by atoms with Crippen molar-refractivity contribution in [1.29, 1.82) is 0 Å². The van der Waals surface area contributed by atoms with Gasteiger partial charge in [-0.2, -0.15) is 0 Å². The van der Waals surface area contributed by atoms with Crippen LogP contribution in [-0.4, -0.2) is 22.6 Å². The third-order valence-electron chi connectivity index (χ3n) is 1.16. The summed E-state index contributed by atoms with van der Waals surface area (Å²) in [5, 5.41) is 11.2. The number of aromatic nitrogens is 2. The third kappa shape index (κ3) is 2.16. The molecule has 0 aliphatic rings. The summed E-state index contributed by atoms with van der Waals surface area (Å²) in [4.78, 5) is 10.6. The summed E-state index contributed by atoms with van der Waals surface area (Å²) in [6.45, 7) is 2.87. The fourth-order valence-electron chi connectivity index (χ4n) is 0.626. The van der Waals surface area contributed by atoms with Gasteiger partial charge in [0.15, 0.2) is 0 Å². The van der Waals surface area contributed by atoms with Crippen molar-refractivity contribution in [2.75, 3.05) is 11.9 Å². The topological polar surface area (TPSA) is 80.9 Å². The average Bonchev–Trinajstić information content (AvgIpc) is 2.48. The van der Waals surface area contributed by atoms with Crippen LogP contribution in [0.15, 0.2) is 0 Å². The highest BCUT2D eigenvalue weighted by Gasteiger charge is 2.07. The molecule has 3 N–H and O–H groups in total. The van der Waals surface area contributed by atoms with Gasteiger partial charge in [-0.05, 0) is 6.42 Å². The van der Waals surface area contributed by atoms with E-state index in [-0.39, 0.29) is 5.01 Å². The zero-order chi connectivity index (χ0) is 8.97. The molecule has 0 bridgehead atoms. The van der Waals surface area contributed by atoms with Gasteiger partial charge in [0, 0.05) is 6.54 Å². The first kappa shape index (κ1) is 8.92. The average molecular weight is 186 g/mol. The largest absolute Gasteiger partial charge is 0.363 e. The number of hydrogen-bond acceptors (Lipinski definition) is 5. The van der Waals surface area contributed by atoms with Gasteiger partial charge in [0.05, 0.1) is 0 Å². The normalized spacial score (nSPS) is 9.75. The Morgan fingerprint density at radius 1 is 1.67 bits per heavy atom. The van der Waals surface area contributed by atoms with Gasteiger partial charge in [-0.25, -0.2) is 0 Å². The third-order valence-corrected chi connectivity index (χ3v) is 2.06. The molecule has 1 rings (SSSR count). The number of primary amides is 1. The van der Waals surface area contributed by atoms with E-state index in [4.69, 9.17) is 5.73 Å². The van der Waals surface area contributed by atoms with E-state index in [0.717, 1.165) is 13.0 Å². The van der Waals surface area contributed by atoms with E-state index >= 15 is 0 Å². The van der Waals surface area contributed by atoms with Crippen molar-refractivity contribution in [2.24, 2.45) is 5.73 Å². The summed E-state index contributed by atoms with van der Waals surface area (Å²) in [6, 6.07) is 0. The highest BCUT2D eigenvalue weighted by Crippen LogP contribution is 2.13. The summed E-state index contributed by atoms with van der Waals surface area (Å²) >= 11 is 1.17. The molecule has 0 saturated heterocycles. The Balaban J connectivity index is 2.58. The molecule has 0 saturated carbocycles. The zero-order valence-electron chi connectivity index (χ0n) is 6.70. The number of hydrogen-bond donors (Lipinski definition) is 2. The molecule has 0 fully saturated rings. The van der Waals surface area contributed by atoms with E-state index in [1.807, 2.05) is 6.92 Å². The minimum absolute atomic E-state index is 0.244. The summed E-state index contributed by atoms with van der Waals surface area (Å²) in [5.41, 5.74) is 5.00. The van der Waals surface area contributed by atoms with Crippen LogP contribution in [0.3, 0.4) is 0 Å². The van der Waals surface area contributed by atoms with E-state index in [1.165, 1.54) is 11.3 Å². The van der Waals surface area contributed by atoms with Crippen LogP contribution in [-0.2, 0) is 0 Å². The fraction of sp³-hybridized carbons (Fsp3) is 0.500. The van der Waals surface area contributed by atoms with Gasteiger partial charge in [-0.15, -0.1) is 10.2 Å². The van der Waals surface area contributed by atoms with Crippen molar-refractivity contribution in [1.82, 2.24) is 10.2 Å². The van der Waals surface area contributed by atoms with Crippen molar-refractivity contribution < 1.29 is 4.79 Å². The van der Waals surface area contributed by atoms with Gasteiger partial charge >= 0.3 is 0 Å². The minimum atomic E-state index is -0.531. The number of carbonyl (C=O) groups is 1. The number of rotatable bonds is 4. The van der Waals surface area contributed by atoms with Crippen LogP contribution in [0.4, 0.5) is 5.13 Å². The second kappa shape index (κ2) is 4.01. The first-order valence-corrected chi connectivity index (χ1v) is 4.43. The molecule has 0 spiro atoms. The van der Waals surface area contributed by atoms with E-state index in [0.29, 0.717) is 5.13 Å². The van der Waals surface area contributed by atoms with E-state index < -0.39 is 5.91 Å². The van der Waals surface area contributed by atoms with E-state index in [2.05, 4.69) is 15.5 Å². The standard InChI is InChI=1S/C6H10N4OS/c1-2-3-8-6-10-9-5(12-6)4(7)11/h2-3H2,1H3,(H2,7,11)(H,8,10). The fourth-order valence-corrected chi connectivity index (χ4v) is 1.25. The van der Waals surface area contributed by atoms with Gasteiger partial charge in [0.1, 0.15) is 0 Å².